The first-order chi connectivity index (χ1) is 7.29. The minimum Gasteiger partial charge on any atom is -0.241 e. The Morgan fingerprint density at radius 2 is 2.13 bits per heavy atom. The van der Waals surface area contributed by atoms with Gasteiger partial charge in [-0.3, -0.25) is 0 Å². The summed E-state index contributed by atoms with van der Waals surface area (Å²) in [5, 5.41) is 9.69. The maximum absolute atomic E-state index is 8.99. The first kappa shape index (κ1) is 10.5. The van der Waals surface area contributed by atoms with Gasteiger partial charge in [0.15, 0.2) is 5.69 Å². The summed E-state index contributed by atoms with van der Waals surface area (Å²) in [6.45, 7) is 1.92. The summed E-state index contributed by atoms with van der Waals surface area (Å²) in [6.07, 6.45) is 5.23. The molecule has 15 heavy (non-hydrogen) atoms. The van der Waals surface area contributed by atoms with Gasteiger partial charge in [0.2, 0.25) is 0 Å². The van der Waals surface area contributed by atoms with E-state index in [9.17, 15) is 0 Å². The Labute approximate surface area is 94.7 Å². The van der Waals surface area contributed by atoms with Gasteiger partial charge in [0.1, 0.15) is 6.07 Å². The fourth-order valence-corrected chi connectivity index (χ4v) is 3.18. The molecule has 0 amide bonds. The number of hydrogen-bond donors (Lipinski definition) is 0. The van der Waals surface area contributed by atoms with Crippen molar-refractivity contribution in [1.82, 2.24) is 4.98 Å². The van der Waals surface area contributed by atoms with E-state index in [1.165, 1.54) is 25.7 Å². The number of thioether (sulfide) groups is 1. The average molecular weight is 218 g/mol. The maximum atomic E-state index is 8.99. The molecule has 0 aliphatic heterocycles. The molecule has 1 aliphatic carbocycles. The molecule has 1 fully saturated rings. The molecule has 0 unspecified atom stereocenters. The second-order valence-corrected chi connectivity index (χ2v) is 5.28. The number of hydrogen-bond acceptors (Lipinski definition) is 3. The van der Waals surface area contributed by atoms with Gasteiger partial charge in [-0.05, 0) is 31.9 Å². The lowest BCUT2D eigenvalue weighted by Crippen LogP contribution is -1.97. The summed E-state index contributed by atoms with van der Waals surface area (Å²) in [5.74, 6) is 0. The normalized spacial score (nSPS) is 16.5. The van der Waals surface area contributed by atoms with E-state index in [0.29, 0.717) is 10.9 Å². The van der Waals surface area contributed by atoms with Gasteiger partial charge in [0.05, 0.1) is 0 Å². The Bertz CT molecular complexity index is 389. The molecule has 78 valence electrons. The van der Waals surface area contributed by atoms with Crippen molar-refractivity contribution in [2.45, 2.75) is 42.8 Å². The van der Waals surface area contributed by atoms with Crippen molar-refractivity contribution in [1.29, 1.82) is 5.26 Å². The molecule has 0 N–H and O–H groups in total. The fourth-order valence-electron chi connectivity index (χ4n) is 1.90. The van der Waals surface area contributed by atoms with Crippen LogP contribution in [0.3, 0.4) is 0 Å². The molecule has 0 saturated heterocycles. The van der Waals surface area contributed by atoms with Crippen molar-refractivity contribution in [3.63, 3.8) is 0 Å². The largest absolute Gasteiger partial charge is 0.241 e. The van der Waals surface area contributed by atoms with Gasteiger partial charge in [0, 0.05) is 15.8 Å². The van der Waals surface area contributed by atoms with Crippen molar-refractivity contribution < 1.29 is 0 Å². The van der Waals surface area contributed by atoms with Crippen molar-refractivity contribution in [2.75, 3.05) is 0 Å². The molecule has 1 saturated carbocycles. The van der Waals surface area contributed by atoms with Gasteiger partial charge in [-0.1, -0.05) is 12.8 Å². The molecule has 1 aromatic rings. The van der Waals surface area contributed by atoms with E-state index in [2.05, 4.69) is 11.1 Å². The van der Waals surface area contributed by atoms with Gasteiger partial charge in [-0.25, -0.2) is 4.98 Å². The lowest BCUT2D eigenvalue weighted by atomic mass is 10.3. The van der Waals surface area contributed by atoms with Crippen LogP contribution in [0.15, 0.2) is 17.0 Å². The molecule has 3 heteroatoms. The van der Waals surface area contributed by atoms with Gasteiger partial charge in [-0.15, -0.1) is 11.8 Å². The second kappa shape index (κ2) is 4.67. The van der Waals surface area contributed by atoms with Crippen LogP contribution < -0.4 is 0 Å². The molecule has 2 rings (SSSR count). The van der Waals surface area contributed by atoms with Crippen molar-refractivity contribution >= 4 is 11.8 Å². The Hall–Kier alpha value is -1.01. The van der Waals surface area contributed by atoms with E-state index in [4.69, 9.17) is 5.26 Å². The summed E-state index contributed by atoms with van der Waals surface area (Å²) >= 11 is 1.83. The molecule has 0 aromatic carbocycles. The Morgan fingerprint density at radius 1 is 1.40 bits per heavy atom. The zero-order valence-electron chi connectivity index (χ0n) is 8.86. The Balaban J connectivity index is 2.16. The summed E-state index contributed by atoms with van der Waals surface area (Å²) in [5.41, 5.74) is 1.51. The lowest BCUT2D eigenvalue weighted by Gasteiger charge is -2.09. The highest BCUT2D eigenvalue weighted by molar-refractivity contribution is 8.00. The van der Waals surface area contributed by atoms with Crippen molar-refractivity contribution in [3.8, 4) is 6.07 Å². The van der Waals surface area contributed by atoms with Crippen LogP contribution in [-0.2, 0) is 0 Å². The van der Waals surface area contributed by atoms with E-state index in [1.54, 1.807) is 0 Å². The molecular weight excluding hydrogens is 204 g/mol. The highest BCUT2D eigenvalue weighted by atomic mass is 32.2. The number of aryl methyl sites for hydroxylation is 1. The molecule has 0 spiro atoms. The van der Waals surface area contributed by atoms with E-state index >= 15 is 0 Å². The summed E-state index contributed by atoms with van der Waals surface area (Å²) in [7, 11) is 0. The molecule has 2 nitrogen and oxygen atoms in total. The van der Waals surface area contributed by atoms with Gasteiger partial charge < -0.3 is 0 Å². The molecule has 0 bridgehead atoms. The van der Waals surface area contributed by atoms with Crippen molar-refractivity contribution in [2.24, 2.45) is 0 Å². The third-order valence-corrected chi connectivity index (χ3v) is 4.09. The average Bonchev–Trinajstić information content (AvgIpc) is 2.73. The molecule has 0 radical (unpaired) electrons. The van der Waals surface area contributed by atoms with Crippen LogP contribution in [0.1, 0.15) is 37.1 Å². The summed E-state index contributed by atoms with van der Waals surface area (Å²) < 4.78 is 0. The number of pyridine rings is 1. The molecule has 0 atom stereocenters. The summed E-state index contributed by atoms with van der Waals surface area (Å²) in [4.78, 5) is 5.30. The lowest BCUT2D eigenvalue weighted by molar-refractivity contribution is 0.886. The smallest absolute Gasteiger partial charge is 0.154 e. The van der Waals surface area contributed by atoms with E-state index in [-0.39, 0.29) is 0 Å². The third kappa shape index (κ3) is 2.51. The SMILES string of the molecule is Cc1ccc(SC2CCCC2)c(C#N)n1. The van der Waals surface area contributed by atoms with Crippen LogP contribution in [-0.4, -0.2) is 10.2 Å². The minimum atomic E-state index is 0.590. The number of nitrogens with zero attached hydrogens (tertiary/aromatic N) is 2. The molecular formula is C12H14N2S. The highest BCUT2D eigenvalue weighted by Crippen LogP contribution is 2.35. The Kier molecular flexibility index (Phi) is 3.27. The minimum absolute atomic E-state index is 0.590. The van der Waals surface area contributed by atoms with E-state index < -0.39 is 0 Å². The quantitative estimate of drug-likeness (QED) is 0.764. The van der Waals surface area contributed by atoms with Gasteiger partial charge in [-0.2, -0.15) is 5.26 Å². The zero-order valence-corrected chi connectivity index (χ0v) is 9.68. The van der Waals surface area contributed by atoms with E-state index in [1.807, 2.05) is 30.8 Å². The van der Waals surface area contributed by atoms with Crippen LogP contribution in [0.2, 0.25) is 0 Å². The molecule has 1 heterocycles. The third-order valence-electron chi connectivity index (χ3n) is 2.70. The molecule has 1 aromatic heterocycles. The van der Waals surface area contributed by atoms with Crippen LogP contribution >= 0.6 is 11.8 Å². The first-order valence-electron chi connectivity index (χ1n) is 5.34. The topological polar surface area (TPSA) is 36.7 Å². The van der Waals surface area contributed by atoms with E-state index in [0.717, 1.165) is 10.6 Å². The summed E-state index contributed by atoms with van der Waals surface area (Å²) in [6, 6.07) is 6.19. The standard InChI is InChI=1S/C12H14N2S/c1-9-6-7-12(11(8-13)14-9)15-10-4-2-3-5-10/h6-7,10H,2-5H2,1H3. The van der Waals surface area contributed by atoms with Crippen LogP contribution in [0.5, 0.6) is 0 Å². The zero-order chi connectivity index (χ0) is 10.7. The number of nitriles is 1. The maximum Gasteiger partial charge on any atom is 0.154 e. The second-order valence-electron chi connectivity index (χ2n) is 3.94. The van der Waals surface area contributed by atoms with Gasteiger partial charge in [0.25, 0.3) is 0 Å². The molecule has 1 aliphatic rings. The van der Waals surface area contributed by atoms with Crippen LogP contribution in [0.25, 0.3) is 0 Å². The predicted molar refractivity (Wildman–Crippen MR) is 61.8 cm³/mol. The first-order valence-corrected chi connectivity index (χ1v) is 6.22. The van der Waals surface area contributed by atoms with Crippen LogP contribution in [0, 0.1) is 18.3 Å². The number of rotatable bonds is 2. The van der Waals surface area contributed by atoms with Crippen LogP contribution in [0.4, 0.5) is 0 Å². The van der Waals surface area contributed by atoms with Crippen molar-refractivity contribution in [3.05, 3.63) is 23.5 Å². The monoisotopic (exact) mass is 218 g/mol. The van der Waals surface area contributed by atoms with Gasteiger partial charge >= 0.3 is 0 Å². The fraction of sp³-hybridized carbons (Fsp3) is 0.500. The highest BCUT2D eigenvalue weighted by Gasteiger charge is 2.17. The predicted octanol–water partition coefficient (Wildman–Crippen LogP) is 3.30. The number of aromatic nitrogens is 1. The Morgan fingerprint density at radius 3 is 2.80 bits per heavy atom.